The van der Waals surface area contributed by atoms with Crippen LogP contribution in [0, 0.1) is 17.8 Å². The number of hydrogen-bond donors (Lipinski definition) is 1. The Kier molecular flexibility index (Phi) is 10.1. The van der Waals surface area contributed by atoms with Crippen molar-refractivity contribution in [2.24, 2.45) is 17.8 Å². The van der Waals surface area contributed by atoms with Crippen LogP contribution in [0.3, 0.4) is 0 Å². The monoisotopic (exact) mass is 256 g/mol. The van der Waals surface area contributed by atoms with Gasteiger partial charge in [0.1, 0.15) is 0 Å². The van der Waals surface area contributed by atoms with Gasteiger partial charge in [0.05, 0.1) is 5.92 Å². The van der Waals surface area contributed by atoms with Crippen molar-refractivity contribution in [1.82, 2.24) is 0 Å². The van der Waals surface area contributed by atoms with E-state index in [4.69, 9.17) is 0 Å². The minimum atomic E-state index is -0.589. The molecule has 0 radical (unpaired) electrons. The highest BCUT2D eigenvalue weighted by Crippen LogP contribution is 2.27. The number of rotatable bonds is 11. The molecule has 1 N–H and O–H groups in total. The summed E-state index contributed by atoms with van der Waals surface area (Å²) in [5.41, 5.74) is 0. The molecule has 0 saturated carbocycles. The Morgan fingerprint density at radius 2 is 1.67 bits per heavy atom. The second-order valence-electron chi connectivity index (χ2n) is 6.04. The number of hydrogen-bond acceptors (Lipinski definition) is 1. The molecule has 2 nitrogen and oxygen atoms in total. The Morgan fingerprint density at radius 3 is 2.11 bits per heavy atom. The van der Waals surface area contributed by atoms with Gasteiger partial charge in [-0.25, -0.2) is 0 Å². The summed E-state index contributed by atoms with van der Waals surface area (Å²) in [6.07, 6.45) is 8.65. The Balaban J connectivity index is 4.26. The third-order valence-electron chi connectivity index (χ3n) is 3.72. The Labute approximate surface area is 113 Å². The predicted octanol–water partition coefficient (Wildman–Crippen LogP) is 5.12. The van der Waals surface area contributed by atoms with E-state index >= 15 is 0 Å². The maximum Gasteiger partial charge on any atom is 0.306 e. The van der Waals surface area contributed by atoms with E-state index in [-0.39, 0.29) is 5.92 Å². The van der Waals surface area contributed by atoms with Crippen LogP contribution >= 0.6 is 0 Å². The molecule has 2 heteroatoms. The number of carboxylic acids is 1. The first kappa shape index (κ1) is 17.5. The minimum absolute atomic E-state index is 0.117. The summed E-state index contributed by atoms with van der Waals surface area (Å²) in [4.78, 5) is 11.3. The van der Waals surface area contributed by atoms with Gasteiger partial charge in [-0.05, 0) is 24.7 Å². The van der Waals surface area contributed by atoms with Gasteiger partial charge in [0.2, 0.25) is 0 Å². The van der Waals surface area contributed by atoms with Gasteiger partial charge in [-0.3, -0.25) is 4.79 Å². The van der Waals surface area contributed by atoms with Crippen LogP contribution in [-0.2, 0) is 4.79 Å². The van der Waals surface area contributed by atoms with Gasteiger partial charge in [0.25, 0.3) is 0 Å². The van der Waals surface area contributed by atoms with E-state index in [0.29, 0.717) is 5.92 Å². The van der Waals surface area contributed by atoms with Crippen LogP contribution < -0.4 is 0 Å². The summed E-state index contributed by atoms with van der Waals surface area (Å²) in [6, 6.07) is 0. The summed E-state index contributed by atoms with van der Waals surface area (Å²) in [7, 11) is 0. The van der Waals surface area contributed by atoms with Crippen molar-refractivity contribution in [2.45, 2.75) is 79.1 Å². The minimum Gasteiger partial charge on any atom is -0.481 e. The fraction of sp³-hybridized carbons (Fsp3) is 0.938. The molecule has 0 bridgehead atoms. The van der Waals surface area contributed by atoms with Crippen molar-refractivity contribution in [3.05, 3.63) is 0 Å². The highest BCUT2D eigenvalue weighted by atomic mass is 16.4. The van der Waals surface area contributed by atoms with Crippen molar-refractivity contribution in [1.29, 1.82) is 0 Å². The standard InChI is InChI=1S/C16H32O2/c1-5-7-9-15(16(17)18)12-14(8-6-2)11-10-13(3)4/h13-15H,5-12H2,1-4H3,(H,17,18). The van der Waals surface area contributed by atoms with Crippen molar-refractivity contribution in [3.8, 4) is 0 Å². The third-order valence-corrected chi connectivity index (χ3v) is 3.72. The number of unbranched alkanes of at least 4 members (excludes halogenated alkanes) is 1. The van der Waals surface area contributed by atoms with Crippen molar-refractivity contribution in [3.63, 3.8) is 0 Å². The van der Waals surface area contributed by atoms with E-state index in [1.807, 2.05) is 0 Å². The molecule has 2 unspecified atom stereocenters. The molecular weight excluding hydrogens is 224 g/mol. The molecule has 0 fully saturated rings. The van der Waals surface area contributed by atoms with Gasteiger partial charge in [-0.2, -0.15) is 0 Å². The van der Waals surface area contributed by atoms with Crippen LogP contribution in [0.25, 0.3) is 0 Å². The molecule has 0 aliphatic heterocycles. The zero-order valence-corrected chi connectivity index (χ0v) is 12.7. The smallest absolute Gasteiger partial charge is 0.306 e. The van der Waals surface area contributed by atoms with E-state index in [1.54, 1.807) is 0 Å². The summed E-state index contributed by atoms with van der Waals surface area (Å²) >= 11 is 0. The summed E-state index contributed by atoms with van der Waals surface area (Å²) < 4.78 is 0. The lowest BCUT2D eigenvalue weighted by molar-refractivity contribution is -0.142. The van der Waals surface area contributed by atoms with Crippen LogP contribution in [0.1, 0.15) is 79.1 Å². The molecule has 0 aliphatic rings. The molecular formula is C16H32O2. The SMILES string of the molecule is CCCCC(CC(CCC)CCC(C)C)C(=O)O. The molecule has 0 aliphatic carbocycles. The molecule has 2 atom stereocenters. The zero-order valence-electron chi connectivity index (χ0n) is 12.7. The van der Waals surface area contributed by atoms with Gasteiger partial charge in [-0.15, -0.1) is 0 Å². The lowest BCUT2D eigenvalue weighted by Gasteiger charge is -2.21. The third kappa shape index (κ3) is 8.54. The molecule has 0 aromatic rings. The molecule has 0 rings (SSSR count). The zero-order chi connectivity index (χ0) is 14.0. The van der Waals surface area contributed by atoms with Crippen LogP contribution in [0.4, 0.5) is 0 Å². The Morgan fingerprint density at radius 1 is 1.00 bits per heavy atom. The fourth-order valence-corrected chi connectivity index (χ4v) is 2.55. The second-order valence-corrected chi connectivity index (χ2v) is 6.04. The Hall–Kier alpha value is -0.530. The van der Waals surface area contributed by atoms with E-state index in [9.17, 15) is 9.90 Å². The quantitative estimate of drug-likeness (QED) is 0.557. The van der Waals surface area contributed by atoms with Gasteiger partial charge in [0.15, 0.2) is 0 Å². The maximum absolute atomic E-state index is 11.3. The second kappa shape index (κ2) is 10.4. The first-order chi connectivity index (χ1) is 8.51. The summed E-state index contributed by atoms with van der Waals surface area (Å²) in [6.45, 7) is 8.81. The molecule has 0 aromatic heterocycles. The van der Waals surface area contributed by atoms with Crippen LogP contribution in [0.2, 0.25) is 0 Å². The normalized spacial score (nSPS) is 14.7. The molecule has 0 heterocycles. The first-order valence-corrected chi connectivity index (χ1v) is 7.73. The van der Waals surface area contributed by atoms with Gasteiger partial charge < -0.3 is 5.11 Å². The molecule has 0 amide bonds. The maximum atomic E-state index is 11.3. The first-order valence-electron chi connectivity index (χ1n) is 7.73. The van der Waals surface area contributed by atoms with E-state index < -0.39 is 5.97 Å². The van der Waals surface area contributed by atoms with E-state index in [2.05, 4.69) is 27.7 Å². The van der Waals surface area contributed by atoms with Crippen molar-refractivity contribution >= 4 is 5.97 Å². The summed E-state index contributed by atoms with van der Waals surface area (Å²) in [5, 5.41) is 9.29. The van der Waals surface area contributed by atoms with Crippen molar-refractivity contribution in [2.75, 3.05) is 0 Å². The summed E-state index contributed by atoms with van der Waals surface area (Å²) in [5.74, 6) is 0.626. The molecule has 0 saturated heterocycles. The number of aliphatic carboxylic acids is 1. The molecule has 0 spiro atoms. The number of carboxylic acid groups (broad SMARTS) is 1. The lowest BCUT2D eigenvalue weighted by Crippen LogP contribution is -2.18. The van der Waals surface area contributed by atoms with E-state index in [1.165, 1.54) is 25.7 Å². The largest absolute Gasteiger partial charge is 0.481 e. The topological polar surface area (TPSA) is 37.3 Å². The van der Waals surface area contributed by atoms with Crippen LogP contribution in [-0.4, -0.2) is 11.1 Å². The van der Waals surface area contributed by atoms with Gasteiger partial charge in [-0.1, -0.05) is 66.2 Å². The molecule has 18 heavy (non-hydrogen) atoms. The molecule has 0 aromatic carbocycles. The van der Waals surface area contributed by atoms with Crippen LogP contribution in [0.15, 0.2) is 0 Å². The van der Waals surface area contributed by atoms with Gasteiger partial charge in [0, 0.05) is 0 Å². The van der Waals surface area contributed by atoms with Crippen LogP contribution in [0.5, 0.6) is 0 Å². The predicted molar refractivity (Wildman–Crippen MR) is 77.7 cm³/mol. The highest BCUT2D eigenvalue weighted by molar-refractivity contribution is 5.69. The van der Waals surface area contributed by atoms with Gasteiger partial charge >= 0.3 is 5.97 Å². The fourth-order valence-electron chi connectivity index (χ4n) is 2.55. The number of carbonyl (C=O) groups is 1. The van der Waals surface area contributed by atoms with Crippen molar-refractivity contribution < 1.29 is 9.90 Å². The molecule has 108 valence electrons. The Bertz CT molecular complexity index is 211. The average molecular weight is 256 g/mol. The lowest BCUT2D eigenvalue weighted by atomic mass is 9.84. The highest BCUT2D eigenvalue weighted by Gasteiger charge is 2.21. The average Bonchev–Trinajstić information content (AvgIpc) is 2.30. The van der Waals surface area contributed by atoms with E-state index in [0.717, 1.165) is 31.6 Å².